The van der Waals surface area contributed by atoms with E-state index in [-0.39, 0.29) is 5.82 Å². The van der Waals surface area contributed by atoms with Crippen LogP contribution in [0.4, 0.5) is 4.39 Å². The summed E-state index contributed by atoms with van der Waals surface area (Å²) in [6, 6.07) is 8.33. The van der Waals surface area contributed by atoms with Crippen molar-refractivity contribution in [1.29, 1.82) is 0 Å². The van der Waals surface area contributed by atoms with Gasteiger partial charge in [-0.25, -0.2) is 4.39 Å². The van der Waals surface area contributed by atoms with E-state index in [0.29, 0.717) is 24.0 Å². The molecule has 1 aromatic carbocycles. The number of halogens is 2. The van der Waals surface area contributed by atoms with Crippen LogP contribution in [0, 0.1) is 12.7 Å². The fourth-order valence-electron chi connectivity index (χ4n) is 1.84. The first-order valence-corrected chi connectivity index (χ1v) is 7.13. The van der Waals surface area contributed by atoms with Crippen molar-refractivity contribution in [2.45, 2.75) is 20.0 Å². The molecule has 0 spiro atoms. The highest BCUT2D eigenvalue weighted by Crippen LogP contribution is 2.22. The molecule has 3 nitrogen and oxygen atoms in total. The molecule has 20 heavy (non-hydrogen) atoms. The molecule has 0 saturated carbocycles. The third kappa shape index (κ3) is 3.77. The average Bonchev–Trinajstić information content (AvgIpc) is 2.40. The first-order chi connectivity index (χ1) is 9.60. The smallest absolute Gasteiger partial charge is 0.141 e. The SMILES string of the molecule is Cc1ccc(OCc2ccc(F)cc2Br)c(CCN)n1. The quantitative estimate of drug-likeness (QED) is 0.909. The van der Waals surface area contributed by atoms with Crippen LogP contribution in [0.15, 0.2) is 34.8 Å². The highest BCUT2D eigenvalue weighted by molar-refractivity contribution is 9.10. The Morgan fingerprint density at radius 3 is 2.80 bits per heavy atom. The number of ether oxygens (including phenoxy) is 1. The van der Waals surface area contributed by atoms with E-state index in [4.69, 9.17) is 10.5 Å². The van der Waals surface area contributed by atoms with Crippen LogP contribution in [0.25, 0.3) is 0 Å². The van der Waals surface area contributed by atoms with E-state index in [9.17, 15) is 4.39 Å². The van der Waals surface area contributed by atoms with Crippen LogP contribution in [-0.4, -0.2) is 11.5 Å². The fraction of sp³-hybridized carbons (Fsp3) is 0.267. The summed E-state index contributed by atoms with van der Waals surface area (Å²) in [5, 5.41) is 0. The van der Waals surface area contributed by atoms with Crippen molar-refractivity contribution in [3.05, 3.63) is 57.6 Å². The van der Waals surface area contributed by atoms with Gasteiger partial charge in [0.05, 0.1) is 5.69 Å². The van der Waals surface area contributed by atoms with Gasteiger partial charge < -0.3 is 10.5 Å². The van der Waals surface area contributed by atoms with Crippen molar-refractivity contribution >= 4 is 15.9 Å². The van der Waals surface area contributed by atoms with Crippen molar-refractivity contribution in [2.24, 2.45) is 5.73 Å². The summed E-state index contributed by atoms with van der Waals surface area (Å²) in [6.07, 6.45) is 0.668. The lowest BCUT2D eigenvalue weighted by molar-refractivity contribution is 0.300. The van der Waals surface area contributed by atoms with Gasteiger partial charge in [-0.15, -0.1) is 0 Å². The number of nitrogens with zero attached hydrogens (tertiary/aromatic N) is 1. The summed E-state index contributed by atoms with van der Waals surface area (Å²) < 4.78 is 19.5. The van der Waals surface area contributed by atoms with Crippen LogP contribution in [0.5, 0.6) is 5.75 Å². The summed E-state index contributed by atoms with van der Waals surface area (Å²) >= 11 is 3.33. The maximum Gasteiger partial charge on any atom is 0.141 e. The molecule has 1 aromatic heterocycles. The van der Waals surface area contributed by atoms with Crippen molar-refractivity contribution < 1.29 is 9.13 Å². The first-order valence-electron chi connectivity index (χ1n) is 6.33. The summed E-state index contributed by atoms with van der Waals surface area (Å²) in [6.45, 7) is 2.80. The van der Waals surface area contributed by atoms with Gasteiger partial charge in [0.1, 0.15) is 18.2 Å². The normalized spacial score (nSPS) is 10.6. The van der Waals surface area contributed by atoms with Gasteiger partial charge in [-0.3, -0.25) is 4.98 Å². The number of aromatic nitrogens is 1. The van der Waals surface area contributed by atoms with Gasteiger partial charge in [0.2, 0.25) is 0 Å². The fourth-order valence-corrected chi connectivity index (χ4v) is 2.30. The second-order valence-electron chi connectivity index (χ2n) is 4.46. The zero-order valence-corrected chi connectivity index (χ0v) is 12.8. The molecule has 5 heteroatoms. The van der Waals surface area contributed by atoms with Gasteiger partial charge in [0, 0.05) is 22.2 Å². The lowest BCUT2D eigenvalue weighted by Gasteiger charge is -2.12. The highest BCUT2D eigenvalue weighted by atomic mass is 79.9. The van der Waals surface area contributed by atoms with E-state index in [1.54, 1.807) is 6.07 Å². The standard InChI is InChI=1S/C15H16BrFN2O/c1-10-2-5-15(14(19-10)6-7-18)20-9-11-3-4-12(17)8-13(11)16/h2-5,8H,6-7,9,18H2,1H3. The van der Waals surface area contributed by atoms with Crippen molar-refractivity contribution in [1.82, 2.24) is 4.98 Å². The Kier molecular flexibility index (Phi) is 5.09. The second kappa shape index (κ2) is 6.81. The first kappa shape index (κ1) is 14.9. The Balaban J connectivity index is 2.14. The van der Waals surface area contributed by atoms with Crippen molar-refractivity contribution in [3.8, 4) is 5.75 Å². The average molecular weight is 339 g/mol. The number of aryl methyl sites for hydroxylation is 1. The van der Waals surface area contributed by atoms with Gasteiger partial charge in [-0.1, -0.05) is 22.0 Å². The number of rotatable bonds is 5. The van der Waals surface area contributed by atoms with Crippen LogP contribution < -0.4 is 10.5 Å². The van der Waals surface area contributed by atoms with Gasteiger partial charge >= 0.3 is 0 Å². The van der Waals surface area contributed by atoms with Gasteiger partial charge in [-0.05, 0) is 37.7 Å². The molecule has 0 radical (unpaired) electrons. The number of hydrogen-bond donors (Lipinski definition) is 1. The van der Waals surface area contributed by atoms with Crippen LogP contribution in [0.1, 0.15) is 17.0 Å². The molecule has 2 N–H and O–H groups in total. The molecule has 106 valence electrons. The number of pyridine rings is 1. The third-order valence-electron chi connectivity index (χ3n) is 2.85. The molecular weight excluding hydrogens is 323 g/mol. The van der Waals surface area contributed by atoms with E-state index in [1.165, 1.54) is 12.1 Å². The van der Waals surface area contributed by atoms with Gasteiger partial charge in [0.15, 0.2) is 0 Å². The predicted molar refractivity (Wildman–Crippen MR) is 80.2 cm³/mol. The molecule has 1 heterocycles. The Hall–Kier alpha value is -1.46. The summed E-state index contributed by atoms with van der Waals surface area (Å²) in [5.74, 6) is 0.443. The van der Waals surface area contributed by atoms with E-state index in [2.05, 4.69) is 20.9 Å². The molecule has 2 aromatic rings. The molecule has 2 rings (SSSR count). The van der Waals surface area contributed by atoms with E-state index >= 15 is 0 Å². The lowest BCUT2D eigenvalue weighted by atomic mass is 10.2. The van der Waals surface area contributed by atoms with Crippen LogP contribution in [0.3, 0.4) is 0 Å². The summed E-state index contributed by atoms with van der Waals surface area (Å²) in [4.78, 5) is 4.43. The number of nitrogens with two attached hydrogens (primary N) is 1. The van der Waals surface area contributed by atoms with Gasteiger partial charge in [0.25, 0.3) is 0 Å². The Morgan fingerprint density at radius 1 is 1.30 bits per heavy atom. The summed E-state index contributed by atoms with van der Waals surface area (Å²) in [5.41, 5.74) is 8.25. The Labute approximate surface area is 126 Å². The van der Waals surface area contributed by atoms with Crippen LogP contribution >= 0.6 is 15.9 Å². The molecule has 0 amide bonds. The molecule has 0 saturated heterocycles. The van der Waals surface area contributed by atoms with Crippen LogP contribution in [-0.2, 0) is 13.0 Å². The van der Waals surface area contributed by atoms with E-state index in [1.807, 2.05) is 19.1 Å². The summed E-state index contributed by atoms with van der Waals surface area (Å²) in [7, 11) is 0. The van der Waals surface area contributed by atoms with Crippen LogP contribution in [0.2, 0.25) is 0 Å². The number of benzene rings is 1. The predicted octanol–water partition coefficient (Wildman–Crippen LogP) is 3.37. The van der Waals surface area contributed by atoms with Gasteiger partial charge in [-0.2, -0.15) is 0 Å². The molecule has 0 atom stereocenters. The highest BCUT2D eigenvalue weighted by Gasteiger charge is 2.07. The minimum Gasteiger partial charge on any atom is -0.487 e. The van der Waals surface area contributed by atoms with Crippen molar-refractivity contribution in [3.63, 3.8) is 0 Å². The molecule has 0 aliphatic heterocycles. The largest absolute Gasteiger partial charge is 0.487 e. The zero-order valence-electron chi connectivity index (χ0n) is 11.2. The Bertz CT molecular complexity index is 604. The maximum absolute atomic E-state index is 13.0. The Morgan fingerprint density at radius 2 is 2.10 bits per heavy atom. The maximum atomic E-state index is 13.0. The molecule has 0 aliphatic rings. The molecule has 0 aliphatic carbocycles. The molecule has 0 unspecified atom stereocenters. The minimum absolute atomic E-state index is 0.276. The van der Waals surface area contributed by atoms with E-state index < -0.39 is 0 Å². The zero-order chi connectivity index (χ0) is 14.5. The molecule has 0 fully saturated rings. The molecular formula is C15H16BrFN2O. The van der Waals surface area contributed by atoms with E-state index in [0.717, 1.165) is 22.7 Å². The number of hydrogen-bond acceptors (Lipinski definition) is 3. The lowest BCUT2D eigenvalue weighted by Crippen LogP contribution is -2.08. The minimum atomic E-state index is -0.276. The third-order valence-corrected chi connectivity index (χ3v) is 3.59. The second-order valence-corrected chi connectivity index (χ2v) is 5.31. The molecule has 0 bridgehead atoms. The monoisotopic (exact) mass is 338 g/mol. The van der Waals surface area contributed by atoms with Crippen molar-refractivity contribution in [2.75, 3.05) is 6.54 Å². The topological polar surface area (TPSA) is 48.1 Å².